The smallest absolute Gasteiger partial charge is 0.312 e. The van der Waals surface area contributed by atoms with Crippen LogP contribution in [0.2, 0.25) is 5.02 Å². The molecule has 1 unspecified atom stereocenters. The molecule has 1 aromatic heterocycles. The molecule has 2 rings (SSSR count). The molecule has 1 N–H and O–H groups in total. The molecular formula is C14H13ClN2O2S. The molecule has 1 heterocycles. The number of halogens is 1. The molecule has 0 bridgehead atoms. The number of benzene rings is 1. The summed E-state index contributed by atoms with van der Waals surface area (Å²) in [5.41, 5.74) is 1.29. The average molecular weight is 309 g/mol. The van der Waals surface area contributed by atoms with Gasteiger partial charge in [-0.15, -0.1) is 11.8 Å². The first-order valence-electron chi connectivity index (χ1n) is 5.94. The highest BCUT2D eigenvalue weighted by molar-refractivity contribution is 7.98. The van der Waals surface area contributed by atoms with Crippen molar-refractivity contribution in [3.8, 4) is 0 Å². The van der Waals surface area contributed by atoms with Crippen LogP contribution in [-0.2, 0) is 11.2 Å². The molecule has 2 aromatic rings. The van der Waals surface area contributed by atoms with Crippen molar-refractivity contribution in [3.05, 3.63) is 52.9 Å². The van der Waals surface area contributed by atoms with Crippen molar-refractivity contribution in [3.63, 3.8) is 0 Å². The molecular weight excluding hydrogens is 296 g/mol. The maximum atomic E-state index is 11.5. The van der Waals surface area contributed by atoms with Crippen LogP contribution in [0.4, 0.5) is 0 Å². The summed E-state index contributed by atoms with van der Waals surface area (Å²) in [7, 11) is 0. The summed E-state index contributed by atoms with van der Waals surface area (Å²) in [6.45, 7) is 0. The van der Waals surface area contributed by atoms with Crippen molar-refractivity contribution in [1.82, 2.24) is 9.97 Å². The third-order valence-electron chi connectivity index (χ3n) is 2.91. The Kier molecular flexibility index (Phi) is 4.98. The quantitative estimate of drug-likeness (QED) is 0.678. The molecule has 1 aromatic carbocycles. The zero-order chi connectivity index (χ0) is 14.5. The van der Waals surface area contributed by atoms with Crippen molar-refractivity contribution in [1.29, 1.82) is 0 Å². The van der Waals surface area contributed by atoms with Gasteiger partial charge < -0.3 is 5.11 Å². The number of hydrogen-bond donors (Lipinski definition) is 1. The molecule has 0 spiro atoms. The van der Waals surface area contributed by atoms with Gasteiger partial charge in [-0.25, -0.2) is 9.97 Å². The predicted octanol–water partition coefficient (Wildman–Crippen LogP) is 3.26. The maximum Gasteiger partial charge on any atom is 0.312 e. The topological polar surface area (TPSA) is 63.1 Å². The van der Waals surface area contributed by atoms with Crippen LogP contribution in [0.25, 0.3) is 0 Å². The molecule has 0 fully saturated rings. The van der Waals surface area contributed by atoms with E-state index in [0.29, 0.717) is 17.1 Å². The van der Waals surface area contributed by atoms with E-state index in [4.69, 9.17) is 11.6 Å². The van der Waals surface area contributed by atoms with Gasteiger partial charge in [0.25, 0.3) is 0 Å². The fourth-order valence-electron chi connectivity index (χ4n) is 1.86. The minimum Gasteiger partial charge on any atom is -0.481 e. The lowest BCUT2D eigenvalue weighted by molar-refractivity contribution is -0.138. The van der Waals surface area contributed by atoms with Gasteiger partial charge >= 0.3 is 5.97 Å². The van der Waals surface area contributed by atoms with E-state index in [0.717, 1.165) is 10.6 Å². The Morgan fingerprint density at radius 1 is 1.40 bits per heavy atom. The number of rotatable bonds is 5. The fourth-order valence-corrected chi connectivity index (χ4v) is 2.46. The fraction of sp³-hybridized carbons (Fsp3) is 0.214. The van der Waals surface area contributed by atoms with E-state index in [9.17, 15) is 9.90 Å². The number of carboxylic acid groups (broad SMARTS) is 1. The van der Waals surface area contributed by atoms with Crippen LogP contribution in [-0.4, -0.2) is 27.3 Å². The van der Waals surface area contributed by atoms with E-state index in [1.807, 2.05) is 24.5 Å². The lowest BCUT2D eigenvalue weighted by atomic mass is 9.96. The number of hydrogen-bond acceptors (Lipinski definition) is 4. The summed E-state index contributed by atoms with van der Waals surface area (Å²) in [6.07, 6.45) is 3.58. The number of aromatic nitrogens is 2. The molecule has 0 aliphatic heterocycles. The lowest BCUT2D eigenvalue weighted by Gasteiger charge is -2.13. The van der Waals surface area contributed by atoms with Crippen molar-refractivity contribution >= 4 is 29.3 Å². The molecule has 0 saturated carbocycles. The largest absolute Gasteiger partial charge is 0.481 e. The van der Waals surface area contributed by atoms with Crippen molar-refractivity contribution in [2.24, 2.45) is 0 Å². The molecule has 104 valence electrons. The van der Waals surface area contributed by atoms with Gasteiger partial charge in [-0.05, 0) is 30.4 Å². The van der Waals surface area contributed by atoms with Crippen LogP contribution in [0.15, 0.2) is 41.7 Å². The number of carbonyl (C=O) groups is 1. The predicted molar refractivity (Wildman–Crippen MR) is 79.3 cm³/mol. The van der Waals surface area contributed by atoms with E-state index in [1.165, 1.54) is 18.1 Å². The third kappa shape index (κ3) is 3.49. The minimum absolute atomic E-state index is 0.305. The van der Waals surface area contributed by atoms with Gasteiger partial charge in [-0.2, -0.15) is 0 Å². The summed E-state index contributed by atoms with van der Waals surface area (Å²) < 4.78 is 0. The van der Waals surface area contributed by atoms with E-state index >= 15 is 0 Å². The van der Waals surface area contributed by atoms with Gasteiger partial charge in [-0.1, -0.05) is 29.8 Å². The van der Waals surface area contributed by atoms with Gasteiger partial charge in [0.05, 0.1) is 10.7 Å². The lowest BCUT2D eigenvalue weighted by Crippen LogP contribution is -2.16. The van der Waals surface area contributed by atoms with Gasteiger partial charge in [0.1, 0.15) is 12.2 Å². The Morgan fingerprint density at radius 2 is 2.15 bits per heavy atom. The zero-order valence-corrected chi connectivity index (χ0v) is 12.4. The molecule has 0 saturated heterocycles. The van der Waals surface area contributed by atoms with Crippen LogP contribution < -0.4 is 0 Å². The maximum absolute atomic E-state index is 11.5. The first kappa shape index (κ1) is 14.8. The summed E-state index contributed by atoms with van der Waals surface area (Å²) in [5, 5.41) is 10.8. The standard InChI is InChI=1S/C14H13ClN2O2S/c1-20-13-7-12(16-8-17-13)10(14(18)19)6-9-4-2-3-5-11(9)15/h2-5,7-8,10H,6H2,1H3,(H,18,19). The monoisotopic (exact) mass is 308 g/mol. The van der Waals surface area contributed by atoms with E-state index < -0.39 is 11.9 Å². The molecule has 0 aliphatic rings. The SMILES string of the molecule is CSc1cc(C(Cc2ccccc2Cl)C(=O)O)ncn1. The molecule has 6 heteroatoms. The van der Waals surface area contributed by atoms with Crippen molar-refractivity contribution in [2.75, 3.05) is 6.26 Å². The Balaban J connectivity index is 2.32. The summed E-state index contributed by atoms with van der Waals surface area (Å²) in [5.74, 6) is -1.65. The van der Waals surface area contributed by atoms with Crippen LogP contribution in [0.1, 0.15) is 17.2 Å². The number of aliphatic carboxylic acids is 1. The second kappa shape index (κ2) is 6.72. The summed E-state index contributed by atoms with van der Waals surface area (Å²) in [4.78, 5) is 19.6. The number of nitrogens with zero attached hydrogens (tertiary/aromatic N) is 2. The molecule has 0 aliphatic carbocycles. The molecule has 20 heavy (non-hydrogen) atoms. The first-order valence-corrected chi connectivity index (χ1v) is 7.54. The van der Waals surface area contributed by atoms with E-state index in [2.05, 4.69) is 9.97 Å². The Labute approximate surface area is 126 Å². The molecule has 4 nitrogen and oxygen atoms in total. The average Bonchev–Trinajstić information content (AvgIpc) is 2.46. The number of thioether (sulfide) groups is 1. The number of carboxylic acids is 1. The van der Waals surface area contributed by atoms with E-state index in [-0.39, 0.29) is 0 Å². The second-order valence-corrected chi connectivity index (χ2v) is 5.41. The molecule has 1 atom stereocenters. The molecule has 0 radical (unpaired) electrons. The van der Waals surface area contributed by atoms with Crippen molar-refractivity contribution < 1.29 is 9.90 Å². The summed E-state index contributed by atoms with van der Waals surface area (Å²) in [6, 6.07) is 8.95. The minimum atomic E-state index is -0.921. The highest BCUT2D eigenvalue weighted by Gasteiger charge is 2.23. The third-order valence-corrected chi connectivity index (χ3v) is 3.92. The zero-order valence-electron chi connectivity index (χ0n) is 10.8. The van der Waals surface area contributed by atoms with Gasteiger partial charge in [0.15, 0.2) is 0 Å². The van der Waals surface area contributed by atoms with Crippen LogP contribution in [0.5, 0.6) is 0 Å². The van der Waals surface area contributed by atoms with Gasteiger partial charge in [0.2, 0.25) is 0 Å². The van der Waals surface area contributed by atoms with Gasteiger partial charge in [-0.3, -0.25) is 4.79 Å². The van der Waals surface area contributed by atoms with Crippen LogP contribution in [0.3, 0.4) is 0 Å². The van der Waals surface area contributed by atoms with Gasteiger partial charge in [0, 0.05) is 5.02 Å². The Morgan fingerprint density at radius 3 is 2.80 bits per heavy atom. The highest BCUT2D eigenvalue weighted by Crippen LogP contribution is 2.25. The van der Waals surface area contributed by atoms with E-state index in [1.54, 1.807) is 12.1 Å². The molecule has 0 amide bonds. The normalized spacial score (nSPS) is 12.1. The first-order chi connectivity index (χ1) is 9.61. The summed E-state index contributed by atoms with van der Waals surface area (Å²) >= 11 is 7.54. The highest BCUT2D eigenvalue weighted by atomic mass is 35.5. The van der Waals surface area contributed by atoms with Crippen LogP contribution >= 0.6 is 23.4 Å². The Bertz CT molecular complexity index is 622. The van der Waals surface area contributed by atoms with Crippen LogP contribution in [0, 0.1) is 0 Å². The van der Waals surface area contributed by atoms with Crippen molar-refractivity contribution in [2.45, 2.75) is 17.4 Å². The Hall–Kier alpha value is -1.59. The second-order valence-electron chi connectivity index (χ2n) is 4.17.